The Labute approximate surface area is 160 Å². The molecule has 0 spiro atoms. The van der Waals surface area contributed by atoms with Crippen LogP contribution < -0.4 is 0 Å². The summed E-state index contributed by atoms with van der Waals surface area (Å²) in [6.07, 6.45) is 14.1. The number of hydrogen-bond acceptors (Lipinski definition) is 2. The molecule has 2 heteroatoms. The van der Waals surface area contributed by atoms with E-state index in [1.807, 2.05) is 0 Å². The Morgan fingerprint density at radius 1 is 0.846 bits per heavy atom. The van der Waals surface area contributed by atoms with Crippen LogP contribution in [0.3, 0.4) is 0 Å². The molecule has 0 radical (unpaired) electrons. The van der Waals surface area contributed by atoms with Crippen LogP contribution in [-0.2, 0) is 9.47 Å². The van der Waals surface area contributed by atoms with Gasteiger partial charge in [0.25, 0.3) is 0 Å². The first-order valence-corrected chi connectivity index (χ1v) is 11.3. The van der Waals surface area contributed by atoms with Crippen LogP contribution in [0.5, 0.6) is 0 Å². The number of rotatable bonds is 0. The molecule has 1 heterocycles. The molecule has 4 unspecified atom stereocenters. The highest BCUT2D eigenvalue weighted by Crippen LogP contribution is 2.69. The van der Waals surface area contributed by atoms with Gasteiger partial charge >= 0.3 is 0 Å². The molecule has 4 saturated carbocycles. The van der Waals surface area contributed by atoms with Crippen LogP contribution in [0.25, 0.3) is 0 Å². The number of hydrogen-bond donors (Lipinski definition) is 0. The van der Waals surface area contributed by atoms with Gasteiger partial charge in [0.05, 0.1) is 12.2 Å². The smallest absolute Gasteiger partial charge is 0.163 e. The predicted molar refractivity (Wildman–Crippen MR) is 105 cm³/mol. The fraction of sp³-hybridized carbons (Fsp3) is 0.917. The fourth-order valence-electron chi connectivity index (χ4n) is 8.56. The first-order valence-electron chi connectivity index (χ1n) is 11.3. The van der Waals surface area contributed by atoms with Crippen molar-refractivity contribution in [1.29, 1.82) is 0 Å². The minimum atomic E-state index is -0.404. The number of allylic oxidation sites excluding steroid dienone is 2. The molecule has 26 heavy (non-hydrogen) atoms. The van der Waals surface area contributed by atoms with Gasteiger partial charge in [-0.25, -0.2) is 0 Å². The predicted octanol–water partition coefficient (Wildman–Crippen LogP) is 6.11. The van der Waals surface area contributed by atoms with Crippen molar-refractivity contribution in [3.8, 4) is 0 Å². The second-order valence-electron chi connectivity index (χ2n) is 11.0. The number of ether oxygens (including phenoxy) is 2. The third-order valence-corrected chi connectivity index (χ3v) is 9.64. The highest BCUT2D eigenvalue weighted by atomic mass is 16.8. The van der Waals surface area contributed by atoms with Crippen LogP contribution in [0.4, 0.5) is 0 Å². The zero-order chi connectivity index (χ0) is 18.3. The van der Waals surface area contributed by atoms with Crippen LogP contribution in [-0.4, -0.2) is 18.0 Å². The number of fused-ring (bicyclic) bond motifs is 8. The van der Waals surface area contributed by atoms with Crippen LogP contribution in [0.15, 0.2) is 11.6 Å². The van der Waals surface area contributed by atoms with Crippen LogP contribution in [0, 0.1) is 34.5 Å². The lowest BCUT2D eigenvalue weighted by Gasteiger charge is -2.62. The lowest BCUT2D eigenvalue weighted by molar-refractivity contribution is -0.171. The Kier molecular flexibility index (Phi) is 3.82. The molecule has 1 aliphatic heterocycles. The molecule has 8 atom stereocenters. The van der Waals surface area contributed by atoms with Gasteiger partial charge < -0.3 is 9.47 Å². The van der Waals surface area contributed by atoms with Gasteiger partial charge in [0.2, 0.25) is 0 Å². The van der Waals surface area contributed by atoms with E-state index in [2.05, 4.69) is 40.7 Å². The molecule has 0 bridgehead atoms. The van der Waals surface area contributed by atoms with Gasteiger partial charge in [0.15, 0.2) is 5.79 Å². The molecule has 5 rings (SSSR count). The SMILES string of the molecule is C/C=C1/CCC2C3C(CC[C@]12C)[C@@]1(C)CCCCC1[C@H]1OC(C)(C)O[C@H]31. The molecule has 2 nitrogen and oxygen atoms in total. The Hall–Kier alpha value is -0.340. The van der Waals surface area contributed by atoms with E-state index in [9.17, 15) is 0 Å². The van der Waals surface area contributed by atoms with Crippen molar-refractivity contribution >= 4 is 0 Å². The largest absolute Gasteiger partial charge is 0.344 e. The normalized spacial score (nSPS) is 56.6. The van der Waals surface area contributed by atoms with Crippen molar-refractivity contribution in [3.05, 3.63) is 11.6 Å². The highest BCUT2D eigenvalue weighted by Gasteiger charge is 2.67. The zero-order valence-corrected chi connectivity index (χ0v) is 17.5. The maximum absolute atomic E-state index is 6.70. The summed E-state index contributed by atoms with van der Waals surface area (Å²) in [6, 6.07) is 0. The lowest BCUT2D eigenvalue weighted by Crippen LogP contribution is -2.62. The molecule has 1 saturated heterocycles. The van der Waals surface area contributed by atoms with E-state index in [4.69, 9.17) is 9.47 Å². The van der Waals surface area contributed by atoms with E-state index in [0.29, 0.717) is 34.9 Å². The third-order valence-electron chi connectivity index (χ3n) is 9.64. The van der Waals surface area contributed by atoms with Crippen molar-refractivity contribution in [2.24, 2.45) is 34.5 Å². The fourth-order valence-corrected chi connectivity index (χ4v) is 8.56. The molecule has 5 fully saturated rings. The molecule has 0 aromatic carbocycles. The first-order chi connectivity index (χ1) is 12.3. The minimum Gasteiger partial charge on any atom is -0.344 e. The Balaban J connectivity index is 1.60. The van der Waals surface area contributed by atoms with Gasteiger partial charge in [-0.2, -0.15) is 0 Å². The molecule has 146 valence electrons. The molecule has 4 aliphatic carbocycles. The first kappa shape index (κ1) is 17.7. The van der Waals surface area contributed by atoms with E-state index >= 15 is 0 Å². The molecular weight excluding hydrogens is 320 g/mol. The van der Waals surface area contributed by atoms with Crippen molar-refractivity contribution in [1.82, 2.24) is 0 Å². The van der Waals surface area contributed by atoms with Crippen LogP contribution in [0.2, 0.25) is 0 Å². The summed E-state index contributed by atoms with van der Waals surface area (Å²) in [5, 5.41) is 0. The summed E-state index contributed by atoms with van der Waals surface area (Å²) in [7, 11) is 0. The lowest BCUT2D eigenvalue weighted by atomic mass is 9.44. The second kappa shape index (κ2) is 5.60. The topological polar surface area (TPSA) is 18.5 Å². The van der Waals surface area contributed by atoms with E-state index in [0.717, 1.165) is 11.8 Å². The van der Waals surface area contributed by atoms with Crippen molar-refractivity contribution < 1.29 is 9.47 Å². The van der Waals surface area contributed by atoms with E-state index in [-0.39, 0.29) is 0 Å². The summed E-state index contributed by atoms with van der Waals surface area (Å²) in [5.74, 6) is 2.62. The van der Waals surface area contributed by atoms with Gasteiger partial charge in [-0.1, -0.05) is 38.3 Å². The van der Waals surface area contributed by atoms with E-state index in [1.165, 1.54) is 51.4 Å². The summed E-state index contributed by atoms with van der Waals surface area (Å²) >= 11 is 0. The Bertz CT molecular complexity index is 622. The van der Waals surface area contributed by atoms with Gasteiger partial charge in [-0.3, -0.25) is 0 Å². The Morgan fingerprint density at radius 3 is 2.38 bits per heavy atom. The molecule has 0 aromatic rings. The standard InChI is InChI=1S/C24H38O2/c1-6-15-10-11-16-19-17(12-14-23(15,16)4)24(5)13-8-7-9-18(24)20-21(19)26-22(2,3)25-20/h6,16-21H,7-14H2,1-5H3/b15-6-/t16?,17?,18?,19?,20-,21-,23-,24-/m1/s1. The molecule has 0 aromatic heterocycles. The van der Waals surface area contributed by atoms with Gasteiger partial charge in [0.1, 0.15) is 0 Å². The summed E-state index contributed by atoms with van der Waals surface area (Å²) in [5.41, 5.74) is 2.61. The van der Waals surface area contributed by atoms with Crippen molar-refractivity contribution in [2.45, 2.75) is 104 Å². The molecular formula is C24H38O2. The van der Waals surface area contributed by atoms with Crippen LogP contribution >= 0.6 is 0 Å². The second-order valence-corrected chi connectivity index (χ2v) is 11.0. The molecule has 5 aliphatic rings. The minimum absolute atomic E-state index is 0.326. The quantitative estimate of drug-likeness (QED) is 0.487. The van der Waals surface area contributed by atoms with Gasteiger partial charge in [0, 0.05) is 0 Å². The summed E-state index contributed by atoms with van der Waals surface area (Å²) < 4.78 is 13.3. The van der Waals surface area contributed by atoms with E-state index in [1.54, 1.807) is 5.57 Å². The molecule has 0 amide bonds. The zero-order valence-electron chi connectivity index (χ0n) is 17.5. The van der Waals surface area contributed by atoms with Crippen LogP contribution in [0.1, 0.15) is 86.0 Å². The average molecular weight is 359 g/mol. The van der Waals surface area contributed by atoms with E-state index < -0.39 is 5.79 Å². The van der Waals surface area contributed by atoms with Crippen molar-refractivity contribution in [3.63, 3.8) is 0 Å². The van der Waals surface area contributed by atoms with Gasteiger partial charge in [-0.15, -0.1) is 0 Å². The highest BCUT2D eigenvalue weighted by molar-refractivity contribution is 5.25. The van der Waals surface area contributed by atoms with Crippen molar-refractivity contribution in [2.75, 3.05) is 0 Å². The average Bonchev–Trinajstić information content (AvgIpc) is 3.09. The van der Waals surface area contributed by atoms with Gasteiger partial charge in [-0.05, 0) is 93.8 Å². The third kappa shape index (κ3) is 2.18. The monoisotopic (exact) mass is 358 g/mol. The Morgan fingerprint density at radius 2 is 1.62 bits per heavy atom. The molecule has 0 N–H and O–H groups in total. The maximum atomic E-state index is 6.70. The maximum Gasteiger partial charge on any atom is 0.163 e. The summed E-state index contributed by atoms with van der Waals surface area (Å²) in [4.78, 5) is 0. The summed E-state index contributed by atoms with van der Waals surface area (Å²) in [6.45, 7) is 11.8.